The predicted octanol–water partition coefficient (Wildman–Crippen LogP) is -1.03. The maximum atomic E-state index is 11.9. The molecule has 10 nitrogen and oxygen atoms in total. The number of nitrogens with zero attached hydrogens (tertiary/aromatic N) is 7. The molecule has 0 saturated carbocycles. The van der Waals surface area contributed by atoms with E-state index in [9.17, 15) is 8.42 Å². The van der Waals surface area contributed by atoms with Crippen LogP contribution in [0.4, 0.5) is 17.6 Å². The first-order valence-corrected chi connectivity index (χ1v) is 13.3. The molecule has 0 aliphatic carbocycles. The summed E-state index contributed by atoms with van der Waals surface area (Å²) in [6.45, 7) is 6.28. The van der Waals surface area contributed by atoms with Gasteiger partial charge in [-0.3, -0.25) is 8.42 Å². The Balaban J connectivity index is 1.60. The Kier molecular flexibility index (Phi) is 5.79. The average Bonchev–Trinajstić information content (AvgIpc) is 2.80. The van der Waals surface area contributed by atoms with Gasteiger partial charge in [-0.05, 0) is 0 Å². The molecule has 30 heavy (non-hydrogen) atoms. The fraction of sp³-hybridized carbons (Fsp3) is 0.667. The third kappa shape index (κ3) is 4.00. The summed E-state index contributed by atoms with van der Waals surface area (Å²) in [4.78, 5) is 25.5. The van der Waals surface area contributed by atoms with E-state index in [4.69, 9.17) is 9.97 Å². The van der Waals surface area contributed by atoms with Gasteiger partial charge in [0.2, 0.25) is 5.95 Å². The molecule has 0 aromatic carbocycles. The van der Waals surface area contributed by atoms with Crippen LogP contribution in [-0.4, -0.2) is 104 Å². The maximum absolute atomic E-state index is 11.9. The molecule has 0 atom stereocenters. The van der Waals surface area contributed by atoms with Crippen molar-refractivity contribution in [1.82, 2.24) is 25.3 Å². The molecular weight excluding hydrogens is 424 g/mol. The zero-order valence-electron chi connectivity index (χ0n) is 16.8. The molecule has 2 aromatic heterocycles. The Morgan fingerprint density at radius 2 is 1.30 bits per heavy atom. The molecule has 1 N–H and O–H groups in total. The molecule has 3 aliphatic heterocycles. The highest BCUT2D eigenvalue weighted by Crippen LogP contribution is 2.31. The predicted molar refractivity (Wildman–Crippen MR) is 120 cm³/mol. The summed E-state index contributed by atoms with van der Waals surface area (Å²) in [5.74, 6) is 4.86. The highest BCUT2D eigenvalue weighted by atomic mass is 32.2. The van der Waals surface area contributed by atoms with Gasteiger partial charge >= 0.3 is 0 Å². The molecule has 0 radical (unpaired) electrons. The standard InChI is InChI=1S/C18H26N8O2S2/c27-29-9-5-24(6-10-29)16-15-14(20-13-21-16)17(25-7-11-30(28)12-8-25)23-18(22-15)26-3-1-19-2-4-26/h13,19H,1-12H2. The van der Waals surface area contributed by atoms with Gasteiger partial charge in [-0.25, -0.2) is 15.0 Å². The summed E-state index contributed by atoms with van der Waals surface area (Å²) in [6, 6.07) is 0. The molecule has 0 unspecified atom stereocenters. The third-order valence-electron chi connectivity index (χ3n) is 5.79. The van der Waals surface area contributed by atoms with Crippen LogP contribution in [0.2, 0.25) is 0 Å². The zero-order chi connectivity index (χ0) is 20.5. The van der Waals surface area contributed by atoms with Crippen molar-refractivity contribution in [2.24, 2.45) is 0 Å². The summed E-state index contributed by atoms with van der Waals surface area (Å²) < 4.78 is 23.7. The summed E-state index contributed by atoms with van der Waals surface area (Å²) in [7, 11) is -1.52. The van der Waals surface area contributed by atoms with Crippen LogP contribution in [0.5, 0.6) is 0 Å². The second kappa shape index (κ2) is 8.67. The van der Waals surface area contributed by atoms with Crippen LogP contribution < -0.4 is 20.0 Å². The second-order valence-electron chi connectivity index (χ2n) is 7.65. The Bertz CT molecular complexity index is 964. The third-order valence-corrected chi connectivity index (χ3v) is 8.34. The van der Waals surface area contributed by atoms with Gasteiger partial charge in [0, 0.05) is 97.0 Å². The topological polar surface area (TPSA) is 107 Å². The molecule has 3 fully saturated rings. The van der Waals surface area contributed by atoms with Gasteiger partial charge in [0.1, 0.15) is 17.4 Å². The van der Waals surface area contributed by atoms with Crippen LogP contribution in [0.25, 0.3) is 11.0 Å². The van der Waals surface area contributed by atoms with Crippen molar-refractivity contribution in [3.63, 3.8) is 0 Å². The minimum absolute atomic E-state index is 0.643. The van der Waals surface area contributed by atoms with E-state index < -0.39 is 21.6 Å². The lowest BCUT2D eigenvalue weighted by molar-refractivity contribution is 0.580. The fourth-order valence-corrected chi connectivity index (χ4v) is 6.17. The van der Waals surface area contributed by atoms with Gasteiger partial charge < -0.3 is 20.0 Å². The van der Waals surface area contributed by atoms with Crippen LogP contribution in [0.3, 0.4) is 0 Å². The zero-order valence-corrected chi connectivity index (χ0v) is 18.5. The quantitative estimate of drug-likeness (QED) is 0.623. The van der Waals surface area contributed by atoms with Crippen molar-refractivity contribution in [3.8, 4) is 0 Å². The molecule has 0 spiro atoms. The molecule has 5 heterocycles. The molecule has 12 heteroatoms. The Hall–Kier alpha value is -1.92. The molecule has 2 aromatic rings. The number of nitrogens with one attached hydrogen (secondary N) is 1. The Morgan fingerprint density at radius 1 is 0.700 bits per heavy atom. The second-order valence-corrected chi connectivity index (χ2v) is 11.0. The van der Waals surface area contributed by atoms with E-state index in [-0.39, 0.29) is 0 Å². The van der Waals surface area contributed by atoms with Gasteiger partial charge in [-0.2, -0.15) is 4.98 Å². The maximum Gasteiger partial charge on any atom is 0.228 e. The summed E-state index contributed by atoms with van der Waals surface area (Å²) in [5.41, 5.74) is 1.48. The van der Waals surface area contributed by atoms with E-state index in [1.165, 1.54) is 0 Å². The molecule has 0 bridgehead atoms. The number of fused-ring (bicyclic) bond motifs is 1. The molecular formula is C18H26N8O2S2. The van der Waals surface area contributed by atoms with Gasteiger partial charge in [-0.15, -0.1) is 0 Å². The first kappa shape index (κ1) is 20.0. The number of hydrogen-bond acceptors (Lipinski definition) is 10. The van der Waals surface area contributed by atoms with Gasteiger partial charge in [-0.1, -0.05) is 0 Å². The van der Waals surface area contributed by atoms with Crippen LogP contribution in [-0.2, 0) is 21.6 Å². The van der Waals surface area contributed by atoms with Crippen LogP contribution >= 0.6 is 0 Å². The van der Waals surface area contributed by atoms with E-state index in [1.54, 1.807) is 6.33 Å². The summed E-state index contributed by atoms with van der Waals surface area (Å²) in [5, 5.41) is 3.37. The number of aromatic nitrogens is 4. The average molecular weight is 451 g/mol. The molecule has 5 rings (SSSR count). The van der Waals surface area contributed by atoms with E-state index in [1.807, 2.05) is 0 Å². The highest BCUT2D eigenvalue weighted by Gasteiger charge is 2.26. The fourth-order valence-electron chi connectivity index (χ4n) is 4.07. The molecule has 162 valence electrons. The lowest BCUT2D eigenvalue weighted by Crippen LogP contribution is -2.45. The highest BCUT2D eigenvalue weighted by molar-refractivity contribution is 7.85. The van der Waals surface area contributed by atoms with E-state index in [0.717, 1.165) is 48.8 Å². The van der Waals surface area contributed by atoms with Gasteiger partial charge in [0.15, 0.2) is 11.6 Å². The van der Waals surface area contributed by atoms with E-state index in [2.05, 4.69) is 30.0 Å². The number of piperazine rings is 1. The minimum Gasteiger partial charge on any atom is -0.353 e. The molecule has 0 amide bonds. The van der Waals surface area contributed by atoms with Crippen LogP contribution in [0.1, 0.15) is 0 Å². The molecule has 3 saturated heterocycles. The number of anilines is 3. The van der Waals surface area contributed by atoms with E-state index in [0.29, 0.717) is 55.1 Å². The van der Waals surface area contributed by atoms with Crippen LogP contribution in [0.15, 0.2) is 6.33 Å². The van der Waals surface area contributed by atoms with Crippen molar-refractivity contribution >= 4 is 50.2 Å². The van der Waals surface area contributed by atoms with Crippen molar-refractivity contribution in [2.75, 3.05) is 90.1 Å². The van der Waals surface area contributed by atoms with Crippen molar-refractivity contribution in [2.45, 2.75) is 0 Å². The van der Waals surface area contributed by atoms with Crippen molar-refractivity contribution < 1.29 is 8.42 Å². The lowest BCUT2D eigenvalue weighted by atomic mass is 10.3. The Morgan fingerprint density at radius 3 is 1.93 bits per heavy atom. The molecule has 3 aliphatic rings. The van der Waals surface area contributed by atoms with E-state index >= 15 is 0 Å². The monoisotopic (exact) mass is 450 g/mol. The lowest BCUT2D eigenvalue weighted by Gasteiger charge is -2.32. The smallest absolute Gasteiger partial charge is 0.228 e. The number of hydrogen-bond donors (Lipinski definition) is 1. The summed E-state index contributed by atoms with van der Waals surface area (Å²) >= 11 is 0. The van der Waals surface area contributed by atoms with Gasteiger partial charge in [0.25, 0.3) is 0 Å². The normalized spacial score (nSPS) is 22.1. The van der Waals surface area contributed by atoms with Crippen LogP contribution in [0, 0.1) is 0 Å². The van der Waals surface area contributed by atoms with Crippen molar-refractivity contribution in [1.29, 1.82) is 0 Å². The Labute approximate surface area is 180 Å². The number of rotatable bonds is 3. The first-order valence-electron chi connectivity index (χ1n) is 10.4. The van der Waals surface area contributed by atoms with Crippen molar-refractivity contribution in [3.05, 3.63) is 6.33 Å². The SMILES string of the molecule is O=S1CCN(c2nc(N3CCNCC3)nc3c(N4CCS(=O)CC4)ncnc23)CC1. The minimum atomic E-state index is -0.763. The first-order chi connectivity index (χ1) is 14.7. The summed E-state index contributed by atoms with van der Waals surface area (Å²) in [6.07, 6.45) is 1.57. The largest absolute Gasteiger partial charge is 0.353 e. The van der Waals surface area contributed by atoms with Gasteiger partial charge in [0.05, 0.1) is 0 Å².